The monoisotopic (exact) mass is 474 g/mol. The number of hydrogen-bond donors (Lipinski definition) is 2. The first-order chi connectivity index (χ1) is 16.9. The lowest BCUT2D eigenvalue weighted by molar-refractivity contribution is -0.119. The molecular weight excluding hydrogens is 444 g/mol. The molecular formula is C28H30N2O5. The molecule has 0 saturated carbocycles. The lowest BCUT2D eigenvalue weighted by Crippen LogP contribution is -2.26. The maximum atomic E-state index is 13.4. The van der Waals surface area contributed by atoms with Crippen LogP contribution in [0.15, 0.2) is 53.3 Å². The molecule has 7 nitrogen and oxygen atoms in total. The number of rotatable bonds is 6. The third kappa shape index (κ3) is 4.67. The second kappa shape index (κ2) is 10.1. The van der Waals surface area contributed by atoms with Crippen LogP contribution in [0.5, 0.6) is 17.2 Å². The fourth-order valence-corrected chi connectivity index (χ4v) is 4.67. The molecule has 1 atom stereocenters. The van der Waals surface area contributed by atoms with Crippen LogP contribution < -0.4 is 30.3 Å². The van der Waals surface area contributed by atoms with Crippen molar-refractivity contribution in [2.24, 2.45) is 0 Å². The summed E-state index contributed by atoms with van der Waals surface area (Å²) in [7, 11) is 4.73. The molecule has 2 N–H and O–H groups in total. The first kappa shape index (κ1) is 24.1. The number of anilines is 2. The molecule has 0 saturated heterocycles. The summed E-state index contributed by atoms with van der Waals surface area (Å²) in [6.45, 7) is 3.47. The van der Waals surface area contributed by atoms with Crippen LogP contribution in [0.3, 0.4) is 0 Å². The molecule has 7 heteroatoms. The number of amides is 1. The lowest BCUT2D eigenvalue weighted by Gasteiger charge is -2.19. The van der Waals surface area contributed by atoms with E-state index < -0.39 is 0 Å². The van der Waals surface area contributed by atoms with Gasteiger partial charge in [-0.3, -0.25) is 9.59 Å². The highest BCUT2D eigenvalue weighted by Gasteiger charge is 2.29. The van der Waals surface area contributed by atoms with Crippen molar-refractivity contribution in [3.8, 4) is 28.4 Å². The topological polar surface area (TPSA) is 85.9 Å². The summed E-state index contributed by atoms with van der Waals surface area (Å²) in [5, 5.41) is 6.30. The van der Waals surface area contributed by atoms with E-state index in [1.807, 2.05) is 43.3 Å². The van der Waals surface area contributed by atoms with E-state index in [1.165, 1.54) is 6.92 Å². The van der Waals surface area contributed by atoms with Crippen LogP contribution in [0.2, 0.25) is 0 Å². The van der Waals surface area contributed by atoms with Gasteiger partial charge in [-0.2, -0.15) is 0 Å². The molecule has 0 radical (unpaired) electrons. The van der Waals surface area contributed by atoms with Crippen molar-refractivity contribution in [2.45, 2.75) is 32.7 Å². The molecule has 35 heavy (non-hydrogen) atoms. The first-order valence-corrected chi connectivity index (χ1v) is 11.5. The fraction of sp³-hybridized carbons (Fsp3) is 0.286. The van der Waals surface area contributed by atoms with Crippen LogP contribution in [0.25, 0.3) is 11.1 Å². The van der Waals surface area contributed by atoms with Crippen molar-refractivity contribution < 1.29 is 19.0 Å². The highest BCUT2D eigenvalue weighted by molar-refractivity contribution is 5.84. The van der Waals surface area contributed by atoms with Gasteiger partial charge >= 0.3 is 0 Å². The minimum atomic E-state index is -0.344. The number of ether oxygens (including phenoxy) is 3. The Bertz CT molecular complexity index is 1340. The highest BCUT2D eigenvalue weighted by Crippen LogP contribution is 2.50. The summed E-state index contributed by atoms with van der Waals surface area (Å²) in [6.07, 6.45) is 1.26. The van der Waals surface area contributed by atoms with E-state index in [4.69, 9.17) is 14.2 Å². The third-order valence-electron chi connectivity index (χ3n) is 6.33. The molecule has 0 spiro atoms. The number of para-hydroxylation sites is 1. The Balaban J connectivity index is 1.99. The largest absolute Gasteiger partial charge is 0.493 e. The standard InChI is InChI=1S/C28H30N2O5/c1-16-8-6-7-9-21(16)30-23-13-11-19-20(15-24(23)32)22(29-17(2)31)12-10-18-14-25(33-3)27(34-4)28(35-5)26(18)19/h6-9,11,13-15,22H,10,12H2,1-5H3,(H,29,31)(H,30,32)/t22-/m0/s1. The second-order valence-corrected chi connectivity index (χ2v) is 8.54. The van der Waals surface area contributed by atoms with E-state index >= 15 is 0 Å². The van der Waals surface area contributed by atoms with Crippen molar-refractivity contribution in [2.75, 3.05) is 26.6 Å². The Morgan fingerprint density at radius 2 is 1.69 bits per heavy atom. The number of nitrogens with one attached hydrogen (secondary N) is 2. The van der Waals surface area contributed by atoms with Crippen molar-refractivity contribution in [1.82, 2.24) is 5.32 Å². The molecule has 0 fully saturated rings. The van der Waals surface area contributed by atoms with E-state index in [9.17, 15) is 9.59 Å². The summed E-state index contributed by atoms with van der Waals surface area (Å²) >= 11 is 0. The van der Waals surface area contributed by atoms with Gasteiger partial charge in [0.15, 0.2) is 11.5 Å². The number of methoxy groups -OCH3 is 3. The molecule has 0 aliphatic heterocycles. The minimum absolute atomic E-state index is 0.161. The molecule has 0 heterocycles. The average Bonchev–Trinajstić information content (AvgIpc) is 3.08. The maximum absolute atomic E-state index is 13.4. The lowest BCUT2D eigenvalue weighted by atomic mass is 9.95. The quantitative estimate of drug-likeness (QED) is 0.528. The van der Waals surface area contributed by atoms with Crippen molar-refractivity contribution in [3.05, 3.63) is 75.4 Å². The Morgan fingerprint density at radius 3 is 2.34 bits per heavy atom. The average molecular weight is 475 g/mol. The molecule has 4 rings (SSSR count). The first-order valence-electron chi connectivity index (χ1n) is 11.5. The van der Waals surface area contributed by atoms with Crippen LogP contribution in [0.1, 0.15) is 36.1 Å². The summed E-state index contributed by atoms with van der Waals surface area (Å²) in [5.41, 5.74) is 5.49. The number of hydrogen-bond acceptors (Lipinski definition) is 6. The predicted octanol–water partition coefficient (Wildman–Crippen LogP) is 4.92. The van der Waals surface area contributed by atoms with Gasteiger partial charge in [-0.15, -0.1) is 0 Å². The van der Waals surface area contributed by atoms with Crippen LogP contribution in [-0.4, -0.2) is 27.2 Å². The van der Waals surface area contributed by atoms with E-state index in [1.54, 1.807) is 33.5 Å². The Labute approximate surface area is 205 Å². The van der Waals surface area contributed by atoms with Gasteiger partial charge in [0.05, 0.1) is 33.1 Å². The number of benzene rings is 2. The number of carbonyl (C=O) groups excluding carboxylic acids is 1. The van der Waals surface area contributed by atoms with Crippen LogP contribution in [0.4, 0.5) is 11.4 Å². The molecule has 182 valence electrons. The minimum Gasteiger partial charge on any atom is -0.493 e. The number of aryl methyl sites for hydroxylation is 2. The normalized spacial score (nSPS) is 14.1. The third-order valence-corrected chi connectivity index (χ3v) is 6.33. The van der Waals surface area contributed by atoms with Crippen molar-refractivity contribution in [3.63, 3.8) is 0 Å². The van der Waals surface area contributed by atoms with Gasteiger partial charge in [-0.1, -0.05) is 24.3 Å². The summed E-state index contributed by atoms with van der Waals surface area (Å²) in [4.78, 5) is 25.5. The molecule has 0 unspecified atom stereocenters. The molecule has 3 aromatic rings. The SMILES string of the molecule is COc1cc2c(c(OC)c1OC)-c1ccc(Nc3ccccc3C)c(=O)cc1[C@@H](NC(C)=O)CC2. The van der Waals surface area contributed by atoms with Crippen LogP contribution >= 0.6 is 0 Å². The van der Waals surface area contributed by atoms with E-state index in [-0.39, 0.29) is 17.4 Å². The van der Waals surface area contributed by atoms with Gasteiger partial charge in [0.25, 0.3) is 0 Å². The molecule has 1 amide bonds. The van der Waals surface area contributed by atoms with E-state index in [0.29, 0.717) is 35.8 Å². The number of carbonyl (C=O) groups is 1. The van der Waals surface area contributed by atoms with Crippen molar-refractivity contribution >= 4 is 17.3 Å². The summed E-state index contributed by atoms with van der Waals surface area (Å²) in [5.74, 6) is 1.41. The predicted molar refractivity (Wildman–Crippen MR) is 137 cm³/mol. The Morgan fingerprint density at radius 1 is 0.943 bits per heavy atom. The van der Waals surface area contributed by atoms with E-state index in [0.717, 1.165) is 33.5 Å². The molecule has 1 aliphatic rings. The smallest absolute Gasteiger partial charge is 0.217 e. The Kier molecular flexibility index (Phi) is 6.96. The zero-order chi connectivity index (χ0) is 25.1. The molecule has 3 aromatic carbocycles. The van der Waals surface area contributed by atoms with Crippen LogP contribution in [-0.2, 0) is 11.2 Å². The van der Waals surface area contributed by atoms with Gasteiger partial charge in [0, 0.05) is 18.2 Å². The summed E-state index contributed by atoms with van der Waals surface area (Å²) < 4.78 is 17.0. The van der Waals surface area contributed by atoms with Crippen molar-refractivity contribution in [1.29, 1.82) is 0 Å². The zero-order valence-corrected chi connectivity index (χ0v) is 20.7. The van der Waals surface area contributed by atoms with Gasteiger partial charge in [-0.05, 0) is 66.3 Å². The van der Waals surface area contributed by atoms with Gasteiger partial charge in [0.1, 0.15) is 0 Å². The number of fused-ring (bicyclic) bond motifs is 3. The van der Waals surface area contributed by atoms with Gasteiger partial charge in [-0.25, -0.2) is 0 Å². The van der Waals surface area contributed by atoms with E-state index in [2.05, 4.69) is 10.6 Å². The van der Waals surface area contributed by atoms with Crippen LogP contribution in [0, 0.1) is 6.92 Å². The highest BCUT2D eigenvalue weighted by atomic mass is 16.5. The zero-order valence-electron chi connectivity index (χ0n) is 20.7. The molecule has 0 aromatic heterocycles. The van der Waals surface area contributed by atoms with Gasteiger partial charge in [0.2, 0.25) is 17.1 Å². The Hall–Kier alpha value is -4.00. The molecule has 1 aliphatic carbocycles. The maximum Gasteiger partial charge on any atom is 0.217 e. The van der Waals surface area contributed by atoms with Gasteiger partial charge < -0.3 is 24.8 Å². The fourth-order valence-electron chi connectivity index (χ4n) is 4.67. The molecule has 0 bridgehead atoms. The second-order valence-electron chi connectivity index (χ2n) is 8.54. The summed E-state index contributed by atoms with van der Waals surface area (Å²) in [6, 6.07) is 14.7.